The zero-order valence-corrected chi connectivity index (χ0v) is 10.6. The number of rotatable bonds is 4. The number of ether oxygens (including phenoxy) is 2. The highest BCUT2D eigenvalue weighted by Gasteiger charge is 2.12. The third-order valence-electron chi connectivity index (χ3n) is 2.57. The molecular weight excluding hydrogens is 260 g/mol. The summed E-state index contributed by atoms with van der Waals surface area (Å²) in [5.74, 6) is 1.14. The van der Waals surface area contributed by atoms with Crippen molar-refractivity contribution in [2.45, 2.75) is 0 Å². The lowest BCUT2D eigenvalue weighted by atomic mass is 10.2. The van der Waals surface area contributed by atoms with Crippen molar-refractivity contribution >= 4 is 5.69 Å². The number of benzene rings is 2. The van der Waals surface area contributed by atoms with Crippen LogP contribution in [0.1, 0.15) is 5.56 Å². The van der Waals surface area contributed by atoms with E-state index in [1.54, 1.807) is 24.3 Å². The zero-order chi connectivity index (χ0) is 14.5. The van der Waals surface area contributed by atoms with Gasteiger partial charge in [0.05, 0.1) is 29.7 Å². The maximum Gasteiger partial charge on any atom is 0.273 e. The van der Waals surface area contributed by atoms with Crippen LogP contribution < -0.4 is 9.47 Å². The molecule has 0 aliphatic rings. The number of nitro benzene ring substituents is 1. The summed E-state index contributed by atoms with van der Waals surface area (Å²) >= 11 is 0. The number of hydrogen-bond acceptors (Lipinski definition) is 5. The van der Waals surface area contributed by atoms with Crippen LogP contribution in [0.4, 0.5) is 5.69 Å². The minimum atomic E-state index is -0.506. The predicted molar refractivity (Wildman–Crippen MR) is 70.9 cm³/mol. The van der Waals surface area contributed by atoms with Gasteiger partial charge < -0.3 is 9.47 Å². The molecule has 100 valence electrons. The lowest BCUT2D eigenvalue weighted by Crippen LogP contribution is -1.93. The van der Waals surface area contributed by atoms with Crippen molar-refractivity contribution in [2.75, 3.05) is 7.11 Å². The molecular formula is C14H10N2O4. The molecule has 0 N–H and O–H groups in total. The number of nitro groups is 1. The number of nitriles is 1. The Labute approximate surface area is 114 Å². The SMILES string of the molecule is COc1cc([N+](=O)[O-])ccc1Oc1ccc(C#N)cc1. The summed E-state index contributed by atoms with van der Waals surface area (Å²) in [6.45, 7) is 0. The van der Waals surface area contributed by atoms with Crippen molar-refractivity contribution in [3.63, 3.8) is 0 Å². The number of methoxy groups -OCH3 is 1. The number of non-ortho nitro benzene ring substituents is 1. The molecule has 2 aromatic rings. The van der Waals surface area contributed by atoms with E-state index in [0.29, 0.717) is 17.1 Å². The summed E-state index contributed by atoms with van der Waals surface area (Å²) in [7, 11) is 1.41. The second-order valence-electron chi connectivity index (χ2n) is 3.83. The summed E-state index contributed by atoms with van der Waals surface area (Å²) in [5, 5.41) is 19.4. The van der Waals surface area contributed by atoms with Crippen LogP contribution in [0.5, 0.6) is 17.2 Å². The lowest BCUT2D eigenvalue weighted by Gasteiger charge is -2.09. The van der Waals surface area contributed by atoms with Gasteiger partial charge in [-0.05, 0) is 30.3 Å². The molecule has 0 atom stereocenters. The molecule has 0 unspecified atom stereocenters. The Balaban J connectivity index is 2.28. The molecule has 0 fully saturated rings. The Morgan fingerprint density at radius 3 is 2.40 bits per heavy atom. The Morgan fingerprint density at radius 1 is 1.15 bits per heavy atom. The van der Waals surface area contributed by atoms with Gasteiger partial charge >= 0.3 is 0 Å². The molecule has 2 aromatic carbocycles. The van der Waals surface area contributed by atoms with Crippen molar-refractivity contribution in [1.29, 1.82) is 5.26 Å². The maximum absolute atomic E-state index is 10.7. The van der Waals surface area contributed by atoms with Gasteiger partial charge in [-0.25, -0.2) is 0 Å². The third kappa shape index (κ3) is 2.84. The molecule has 0 radical (unpaired) electrons. The predicted octanol–water partition coefficient (Wildman–Crippen LogP) is 3.27. The van der Waals surface area contributed by atoms with Gasteiger partial charge in [-0.1, -0.05) is 0 Å². The zero-order valence-electron chi connectivity index (χ0n) is 10.6. The molecule has 0 saturated carbocycles. The van der Waals surface area contributed by atoms with E-state index in [-0.39, 0.29) is 11.4 Å². The first-order chi connectivity index (χ1) is 9.63. The van der Waals surface area contributed by atoms with Gasteiger partial charge in [0.15, 0.2) is 11.5 Å². The highest BCUT2D eigenvalue weighted by molar-refractivity contribution is 5.50. The first kappa shape index (κ1) is 13.4. The molecule has 0 aliphatic carbocycles. The fourth-order valence-electron chi connectivity index (χ4n) is 1.58. The van der Waals surface area contributed by atoms with Crippen molar-refractivity contribution in [1.82, 2.24) is 0 Å². The molecule has 2 rings (SSSR count). The van der Waals surface area contributed by atoms with Gasteiger partial charge in [0, 0.05) is 6.07 Å². The van der Waals surface area contributed by atoms with Crippen molar-refractivity contribution in [2.24, 2.45) is 0 Å². The Hall–Kier alpha value is -3.07. The van der Waals surface area contributed by atoms with E-state index in [2.05, 4.69) is 0 Å². The smallest absolute Gasteiger partial charge is 0.273 e. The molecule has 0 saturated heterocycles. The van der Waals surface area contributed by atoms with Gasteiger partial charge in [-0.3, -0.25) is 10.1 Å². The molecule has 0 aliphatic heterocycles. The second-order valence-corrected chi connectivity index (χ2v) is 3.83. The van der Waals surface area contributed by atoms with Crippen LogP contribution in [0.15, 0.2) is 42.5 Å². The average Bonchev–Trinajstić information content (AvgIpc) is 2.48. The van der Waals surface area contributed by atoms with Crippen molar-refractivity contribution in [3.05, 3.63) is 58.1 Å². The molecule has 0 heterocycles. The molecule has 6 heteroatoms. The van der Waals surface area contributed by atoms with Crippen LogP contribution >= 0.6 is 0 Å². The topological polar surface area (TPSA) is 85.4 Å². The molecule has 0 spiro atoms. The molecule has 0 aromatic heterocycles. The lowest BCUT2D eigenvalue weighted by molar-refractivity contribution is -0.384. The fourth-order valence-corrected chi connectivity index (χ4v) is 1.58. The standard InChI is InChI=1S/C14H10N2O4/c1-19-14-8-11(16(17)18)4-7-13(14)20-12-5-2-10(9-15)3-6-12/h2-8H,1H3. The highest BCUT2D eigenvalue weighted by atomic mass is 16.6. The first-order valence-electron chi connectivity index (χ1n) is 5.64. The molecule has 0 amide bonds. The normalized spacial score (nSPS) is 9.60. The maximum atomic E-state index is 10.7. The van der Waals surface area contributed by atoms with Crippen LogP contribution in [0, 0.1) is 21.4 Å². The summed E-state index contributed by atoms with van der Waals surface area (Å²) in [5.41, 5.74) is 0.446. The van der Waals surface area contributed by atoms with E-state index in [0.717, 1.165) is 0 Å². The van der Waals surface area contributed by atoms with E-state index in [9.17, 15) is 10.1 Å². The van der Waals surface area contributed by atoms with Gasteiger partial charge in [-0.15, -0.1) is 0 Å². The molecule has 0 bridgehead atoms. The van der Waals surface area contributed by atoms with Crippen molar-refractivity contribution < 1.29 is 14.4 Å². The number of hydrogen-bond donors (Lipinski definition) is 0. The Bertz CT molecular complexity index is 675. The molecule has 20 heavy (non-hydrogen) atoms. The van der Waals surface area contributed by atoms with Gasteiger partial charge in [0.2, 0.25) is 0 Å². The van der Waals surface area contributed by atoms with Crippen LogP contribution in [-0.2, 0) is 0 Å². The Morgan fingerprint density at radius 2 is 1.85 bits per heavy atom. The Kier molecular flexibility index (Phi) is 3.82. The monoisotopic (exact) mass is 270 g/mol. The minimum Gasteiger partial charge on any atom is -0.493 e. The summed E-state index contributed by atoms with van der Waals surface area (Å²) in [6.07, 6.45) is 0. The van der Waals surface area contributed by atoms with Crippen LogP contribution in [0.2, 0.25) is 0 Å². The minimum absolute atomic E-state index is 0.0750. The largest absolute Gasteiger partial charge is 0.493 e. The van der Waals surface area contributed by atoms with E-state index >= 15 is 0 Å². The van der Waals surface area contributed by atoms with Gasteiger partial charge in [0.25, 0.3) is 5.69 Å². The van der Waals surface area contributed by atoms with E-state index in [1.165, 1.54) is 25.3 Å². The fraction of sp³-hybridized carbons (Fsp3) is 0.0714. The van der Waals surface area contributed by atoms with Gasteiger partial charge in [0.1, 0.15) is 5.75 Å². The highest BCUT2D eigenvalue weighted by Crippen LogP contribution is 2.34. The van der Waals surface area contributed by atoms with E-state index in [1.807, 2.05) is 6.07 Å². The second kappa shape index (κ2) is 5.71. The first-order valence-corrected chi connectivity index (χ1v) is 5.64. The van der Waals surface area contributed by atoms with E-state index in [4.69, 9.17) is 14.7 Å². The van der Waals surface area contributed by atoms with E-state index < -0.39 is 4.92 Å². The summed E-state index contributed by atoms with van der Waals surface area (Å²) < 4.78 is 10.6. The molecule has 6 nitrogen and oxygen atoms in total. The van der Waals surface area contributed by atoms with Crippen LogP contribution in [0.3, 0.4) is 0 Å². The van der Waals surface area contributed by atoms with Crippen molar-refractivity contribution in [3.8, 4) is 23.3 Å². The van der Waals surface area contributed by atoms with Gasteiger partial charge in [-0.2, -0.15) is 5.26 Å². The average molecular weight is 270 g/mol. The summed E-state index contributed by atoms with van der Waals surface area (Å²) in [4.78, 5) is 10.2. The third-order valence-corrected chi connectivity index (χ3v) is 2.57. The summed E-state index contributed by atoms with van der Waals surface area (Å²) in [6, 6.07) is 12.6. The van der Waals surface area contributed by atoms with Crippen LogP contribution in [0.25, 0.3) is 0 Å². The number of nitrogens with zero attached hydrogens (tertiary/aromatic N) is 2. The van der Waals surface area contributed by atoms with Crippen LogP contribution in [-0.4, -0.2) is 12.0 Å². The quantitative estimate of drug-likeness (QED) is 0.628.